The molecule has 1 aromatic heterocycles. The first-order valence-electron chi connectivity index (χ1n) is 5.48. The maximum absolute atomic E-state index is 13.5. The molecule has 0 saturated carbocycles. The fourth-order valence-corrected chi connectivity index (χ4v) is 1.88. The van der Waals surface area contributed by atoms with Crippen molar-refractivity contribution in [2.45, 2.75) is 0 Å². The zero-order valence-electron chi connectivity index (χ0n) is 9.35. The average Bonchev–Trinajstić information content (AvgIpc) is 2.85. The Bertz CT molecular complexity index is 733. The molecule has 1 heterocycles. The Hall–Kier alpha value is -2.49. The predicted octanol–water partition coefficient (Wildman–Crippen LogP) is 2.93. The zero-order chi connectivity index (χ0) is 12.5. The van der Waals surface area contributed by atoms with Crippen molar-refractivity contribution in [1.82, 2.24) is 9.97 Å². The number of ketones is 1. The third kappa shape index (κ3) is 1.68. The molecule has 0 unspecified atom stereocenters. The highest BCUT2D eigenvalue weighted by Gasteiger charge is 2.13. The van der Waals surface area contributed by atoms with Gasteiger partial charge in [0.2, 0.25) is 0 Å². The summed E-state index contributed by atoms with van der Waals surface area (Å²) < 4.78 is 13.5. The summed E-state index contributed by atoms with van der Waals surface area (Å²) >= 11 is 0. The van der Waals surface area contributed by atoms with Crippen molar-refractivity contribution in [2.24, 2.45) is 0 Å². The molecule has 0 radical (unpaired) electrons. The highest BCUT2D eigenvalue weighted by molar-refractivity contribution is 6.10. The average molecular weight is 240 g/mol. The van der Waals surface area contributed by atoms with E-state index >= 15 is 0 Å². The smallest absolute Gasteiger partial charge is 0.196 e. The second kappa shape index (κ2) is 4.07. The Morgan fingerprint density at radius 2 is 2.00 bits per heavy atom. The van der Waals surface area contributed by atoms with Gasteiger partial charge in [-0.1, -0.05) is 12.1 Å². The van der Waals surface area contributed by atoms with E-state index in [0.717, 1.165) is 11.0 Å². The van der Waals surface area contributed by atoms with Crippen LogP contribution >= 0.6 is 0 Å². The van der Waals surface area contributed by atoms with Gasteiger partial charge in [0, 0.05) is 5.56 Å². The molecule has 18 heavy (non-hydrogen) atoms. The van der Waals surface area contributed by atoms with Crippen LogP contribution in [0.3, 0.4) is 0 Å². The second-order valence-corrected chi connectivity index (χ2v) is 3.94. The van der Waals surface area contributed by atoms with Gasteiger partial charge in [-0.05, 0) is 30.3 Å². The van der Waals surface area contributed by atoms with Crippen LogP contribution in [-0.4, -0.2) is 15.8 Å². The summed E-state index contributed by atoms with van der Waals surface area (Å²) in [4.78, 5) is 19.2. The van der Waals surface area contributed by atoms with Crippen molar-refractivity contribution in [3.8, 4) is 0 Å². The lowest BCUT2D eigenvalue weighted by Crippen LogP contribution is -2.03. The number of halogens is 1. The molecule has 4 heteroatoms. The molecular weight excluding hydrogens is 231 g/mol. The van der Waals surface area contributed by atoms with Crippen LogP contribution in [0.4, 0.5) is 4.39 Å². The summed E-state index contributed by atoms with van der Waals surface area (Å²) in [6.45, 7) is 0. The quantitative estimate of drug-likeness (QED) is 0.700. The van der Waals surface area contributed by atoms with Crippen LogP contribution in [0.1, 0.15) is 15.9 Å². The molecule has 0 aliphatic heterocycles. The fourth-order valence-electron chi connectivity index (χ4n) is 1.88. The van der Waals surface area contributed by atoms with Gasteiger partial charge in [-0.25, -0.2) is 9.37 Å². The van der Waals surface area contributed by atoms with E-state index in [2.05, 4.69) is 9.97 Å². The van der Waals surface area contributed by atoms with Crippen LogP contribution in [-0.2, 0) is 0 Å². The van der Waals surface area contributed by atoms with Gasteiger partial charge in [0.25, 0.3) is 0 Å². The van der Waals surface area contributed by atoms with Gasteiger partial charge < -0.3 is 4.98 Å². The minimum absolute atomic E-state index is 0.0800. The molecule has 0 amide bonds. The molecule has 0 aliphatic rings. The number of carbonyl (C=O) groups is 1. The number of fused-ring (bicyclic) bond motifs is 1. The molecule has 2 aromatic carbocycles. The van der Waals surface area contributed by atoms with Gasteiger partial charge in [-0.2, -0.15) is 0 Å². The molecule has 3 rings (SSSR count). The standard InChI is InChI=1S/C14H9FN2O/c15-11-4-2-1-3-10(11)14(18)9-5-6-12-13(7-9)17-8-16-12/h1-8H,(H,16,17). The number of hydrogen-bond acceptors (Lipinski definition) is 2. The van der Waals surface area contributed by atoms with Crippen LogP contribution in [0.5, 0.6) is 0 Å². The largest absolute Gasteiger partial charge is 0.345 e. The van der Waals surface area contributed by atoms with E-state index < -0.39 is 5.82 Å². The van der Waals surface area contributed by atoms with E-state index in [4.69, 9.17) is 0 Å². The molecule has 0 spiro atoms. The molecule has 3 aromatic rings. The first kappa shape index (κ1) is 10.7. The SMILES string of the molecule is O=C(c1ccc2nc[nH]c2c1)c1ccccc1F. The van der Waals surface area contributed by atoms with Crippen molar-refractivity contribution in [3.05, 3.63) is 65.7 Å². The van der Waals surface area contributed by atoms with Crippen LogP contribution in [0.25, 0.3) is 11.0 Å². The first-order valence-corrected chi connectivity index (χ1v) is 5.48. The summed E-state index contributed by atoms with van der Waals surface area (Å²) in [7, 11) is 0. The van der Waals surface area contributed by atoms with Crippen molar-refractivity contribution < 1.29 is 9.18 Å². The maximum Gasteiger partial charge on any atom is 0.196 e. The maximum atomic E-state index is 13.5. The van der Waals surface area contributed by atoms with E-state index in [-0.39, 0.29) is 11.3 Å². The van der Waals surface area contributed by atoms with Crippen LogP contribution < -0.4 is 0 Å². The highest BCUT2D eigenvalue weighted by atomic mass is 19.1. The Morgan fingerprint density at radius 1 is 1.17 bits per heavy atom. The highest BCUT2D eigenvalue weighted by Crippen LogP contribution is 2.17. The lowest BCUT2D eigenvalue weighted by Gasteiger charge is -2.02. The number of imidazole rings is 1. The number of nitrogens with zero attached hydrogens (tertiary/aromatic N) is 1. The van der Waals surface area contributed by atoms with Crippen LogP contribution in [0.2, 0.25) is 0 Å². The fraction of sp³-hybridized carbons (Fsp3) is 0. The number of benzene rings is 2. The summed E-state index contributed by atoms with van der Waals surface area (Å²) in [5.41, 5.74) is 2.06. The van der Waals surface area contributed by atoms with Gasteiger partial charge in [-0.15, -0.1) is 0 Å². The normalized spacial score (nSPS) is 10.7. The van der Waals surface area contributed by atoms with E-state index in [1.165, 1.54) is 12.1 Å². The second-order valence-electron chi connectivity index (χ2n) is 3.94. The van der Waals surface area contributed by atoms with Crippen molar-refractivity contribution in [1.29, 1.82) is 0 Å². The van der Waals surface area contributed by atoms with Gasteiger partial charge in [0.15, 0.2) is 5.78 Å². The molecule has 1 N–H and O–H groups in total. The Morgan fingerprint density at radius 3 is 2.83 bits per heavy atom. The van der Waals surface area contributed by atoms with E-state index in [9.17, 15) is 9.18 Å². The Balaban J connectivity index is 2.09. The molecule has 0 saturated heterocycles. The number of rotatable bonds is 2. The predicted molar refractivity (Wildman–Crippen MR) is 65.9 cm³/mol. The number of carbonyl (C=O) groups excluding carboxylic acids is 1. The minimum atomic E-state index is -0.507. The molecule has 0 atom stereocenters. The van der Waals surface area contributed by atoms with Gasteiger partial charge in [0.1, 0.15) is 5.82 Å². The summed E-state index contributed by atoms with van der Waals surface area (Å²) in [5, 5.41) is 0. The molecular formula is C14H9FN2O. The molecule has 0 aliphatic carbocycles. The third-order valence-electron chi connectivity index (χ3n) is 2.80. The third-order valence-corrected chi connectivity index (χ3v) is 2.80. The van der Waals surface area contributed by atoms with Crippen LogP contribution in [0, 0.1) is 5.82 Å². The summed E-state index contributed by atoms with van der Waals surface area (Å²) in [5.74, 6) is -0.836. The topological polar surface area (TPSA) is 45.8 Å². The van der Waals surface area contributed by atoms with Crippen molar-refractivity contribution in [3.63, 3.8) is 0 Å². The van der Waals surface area contributed by atoms with E-state index in [1.807, 2.05) is 0 Å². The van der Waals surface area contributed by atoms with Crippen molar-refractivity contribution >= 4 is 16.8 Å². The number of aromatic nitrogens is 2. The van der Waals surface area contributed by atoms with Gasteiger partial charge in [0.05, 0.1) is 22.9 Å². The molecule has 88 valence electrons. The number of nitrogens with one attached hydrogen (secondary N) is 1. The Kier molecular flexibility index (Phi) is 2.41. The molecule has 3 nitrogen and oxygen atoms in total. The lowest BCUT2D eigenvalue weighted by molar-refractivity contribution is 0.103. The summed E-state index contributed by atoms with van der Waals surface area (Å²) in [6.07, 6.45) is 1.56. The number of H-pyrrole nitrogens is 1. The number of hydrogen-bond donors (Lipinski definition) is 1. The Labute approximate surface area is 102 Å². The van der Waals surface area contributed by atoms with Gasteiger partial charge in [-0.3, -0.25) is 4.79 Å². The van der Waals surface area contributed by atoms with Crippen LogP contribution in [0.15, 0.2) is 48.8 Å². The lowest BCUT2D eigenvalue weighted by atomic mass is 10.0. The van der Waals surface area contributed by atoms with Gasteiger partial charge >= 0.3 is 0 Å². The first-order chi connectivity index (χ1) is 8.75. The zero-order valence-corrected chi connectivity index (χ0v) is 9.35. The minimum Gasteiger partial charge on any atom is -0.345 e. The summed E-state index contributed by atoms with van der Waals surface area (Å²) in [6, 6.07) is 11.0. The monoisotopic (exact) mass is 240 g/mol. The van der Waals surface area contributed by atoms with E-state index in [0.29, 0.717) is 5.56 Å². The molecule has 0 bridgehead atoms. The number of aromatic amines is 1. The molecule has 0 fully saturated rings. The van der Waals surface area contributed by atoms with E-state index in [1.54, 1.807) is 36.7 Å². The van der Waals surface area contributed by atoms with Crippen molar-refractivity contribution in [2.75, 3.05) is 0 Å².